The number of fused-ring (bicyclic) bond motifs is 6. The zero-order valence-electron chi connectivity index (χ0n) is 35.3. The Morgan fingerprint density at radius 3 is 1.12 bits per heavy atom. The lowest BCUT2D eigenvalue weighted by Crippen LogP contribution is -2.16. The van der Waals surface area contributed by atoms with Crippen molar-refractivity contribution in [3.8, 4) is 11.1 Å². The molecule has 0 aliphatic heterocycles. The third-order valence-electron chi connectivity index (χ3n) is 12.2. The van der Waals surface area contributed by atoms with Gasteiger partial charge in [0.2, 0.25) is 0 Å². The number of para-hydroxylation sites is 4. The molecule has 2 aromatic heterocycles. The quantitative estimate of drug-likeness (QED) is 0.136. The van der Waals surface area contributed by atoms with E-state index in [1.807, 2.05) is 22.7 Å². The summed E-state index contributed by atoms with van der Waals surface area (Å²) in [5.41, 5.74) is 12.1. The Morgan fingerprint density at radius 1 is 0.246 bits per heavy atom. The fourth-order valence-corrected chi connectivity index (χ4v) is 11.7. The van der Waals surface area contributed by atoms with Gasteiger partial charge in [-0.1, -0.05) is 152 Å². The third kappa shape index (κ3) is 7.08. The minimum atomic E-state index is 1.03. The second-order valence-electron chi connectivity index (χ2n) is 16.1. The highest BCUT2D eigenvalue weighted by Crippen LogP contribution is 2.49. The van der Waals surface area contributed by atoms with Gasteiger partial charge in [0, 0.05) is 64.1 Å². The number of anilines is 9. The fourth-order valence-electron chi connectivity index (χ4n) is 9.27. The molecule has 0 spiro atoms. The van der Waals surface area contributed by atoms with Crippen LogP contribution in [0.15, 0.2) is 249 Å². The van der Waals surface area contributed by atoms with Crippen LogP contribution in [0.4, 0.5) is 51.2 Å². The molecule has 0 bridgehead atoms. The molecule has 0 saturated carbocycles. The first-order chi connectivity index (χ1) is 32.2. The maximum atomic E-state index is 2.44. The molecule has 0 aliphatic rings. The Kier molecular flexibility index (Phi) is 9.90. The highest BCUT2D eigenvalue weighted by molar-refractivity contribution is 7.26. The molecule has 3 nitrogen and oxygen atoms in total. The van der Waals surface area contributed by atoms with Crippen LogP contribution in [0.3, 0.4) is 0 Å². The van der Waals surface area contributed by atoms with Crippen LogP contribution in [0.1, 0.15) is 0 Å². The van der Waals surface area contributed by atoms with Crippen LogP contribution in [0, 0.1) is 0 Å². The lowest BCUT2D eigenvalue weighted by atomic mass is 10.0. The van der Waals surface area contributed by atoms with Gasteiger partial charge in [0.15, 0.2) is 0 Å². The maximum Gasteiger partial charge on any atom is 0.0640 e. The van der Waals surface area contributed by atoms with Crippen molar-refractivity contribution in [2.75, 3.05) is 14.7 Å². The Balaban J connectivity index is 1.09. The third-order valence-corrected chi connectivity index (χ3v) is 14.6. The summed E-state index contributed by atoms with van der Waals surface area (Å²) < 4.78 is 5.15. The lowest BCUT2D eigenvalue weighted by Gasteiger charge is -2.33. The molecule has 10 aromatic carbocycles. The first-order valence-electron chi connectivity index (χ1n) is 21.9. The first kappa shape index (κ1) is 38.7. The Labute approximate surface area is 386 Å². The Hall–Kier alpha value is -7.96. The number of hydrogen-bond acceptors (Lipinski definition) is 5. The fraction of sp³-hybridized carbons (Fsp3) is 0. The minimum Gasteiger partial charge on any atom is -0.310 e. The van der Waals surface area contributed by atoms with Crippen LogP contribution in [-0.2, 0) is 0 Å². The predicted molar refractivity (Wildman–Crippen MR) is 282 cm³/mol. The van der Waals surface area contributed by atoms with Crippen molar-refractivity contribution in [1.29, 1.82) is 0 Å². The van der Waals surface area contributed by atoms with Gasteiger partial charge in [-0.3, -0.25) is 0 Å². The van der Waals surface area contributed by atoms with E-state index in [1.54, 1.807) is 0 Å². The number of hydrogen-bond donors (Lipinski definition) is 0. The molecular formula is C60H41N3S2. The van der Waals surface area contributed by atoms with Crippen molar-refractivity contribution >= 4 is 114 Å². The summed E-state index contributed by atoms with van der Waals surface area (Å²) in [4.78, 5) is 7.21. The van der Waals surface area contributed by atoms with E-state index in [2.05, 4.69) is 263 Å². The van der Waals surface area contributed by atoms with E-state index in [-0.39, 0.29) is 0 Å². The molecule has 0 saturated heterocycles. The molecule has 0 atom stereocenters. The summed E-state index contributed by atoms with van der Waals surface area (Å²) in [7, 11) is 0. The maximum absolute atomic E-state index is 2.44. The van der Waals surface area contributed by atoms with Gasteiger partial charge in [0.05, 0.1) is 27.4 Å². The minimum absolute atomic E-state index is 1.03. The van der Waals surface area contributed by atoms with Crippen LogP contribution >= 0.6 is 22.7 Å². The molecule has 0 fully saturated rings. The van der Waals surface area contributed by atoms with Crippen molar-refractivity contribution in [2.24, 2.45) is 0 Å². The van der Waals surface area contributed by atoms with Crippen molar-refractivity contribution < 1.29 is 0 Å². The van der Waals surface area contributed by atoms with E-state index in [0.717, 1.165) is 51.2 Å². The Morgan fingerprint density at radius 2 is 0.615 bits per heavy atom. The second-order valence-corrected chi connectivity index (χ2v) is 18.2. The standard InChI is InChI=1S/C60H41N3S2/c1-5-19-43(20-6-1)61(44-21-7-2-8-22-44)48-39-49(41-50(40-48)63(46-25-11-4-12-26-46)56-32-18-31-55-53-28-14-16-34-58(53)65-60(55)56)62(45-23-9-3-10-24-45)47-37-35-42(36-38-47)51-29-17-30-54-52-27-13-15-33-57(52)64-59(51)54/h1-41H. The van der Waals surface area contributed by atoms with E-state index >= 15 is 0 Å². The average Bonchev–Trinajstić information content (AvgIpc) is 3.95. The summed E-state index contributed by atoms with van der Waals surface area (Å²) in [6, 6.07) is 90.1. The zero-order valence-corrected chi connectivity index (χ0v) is 37.0. The van der Waals surface area contributed by atoms with Gasteiger partial charge in [-0.05, 0) is 108 Å². The largest absolute Gasteiger partial charge is 0.310 e. The second kappa shape index (κ2) is 16.6. The van der Waals surface area contributed by atoms with Gasteiger partial charge in [0.25, 0.3) is 0 Å². The van der Waals surface area contributed by atoms with E-state index in [1.165, 1.54) is 51.5 Å². The van der Waals surface area contributed by atoms with Gasteiger partial charge in [-0.25, -0.2) is 0 Å². The van der Waals surface area contributed by atoms with Gasteiger partial charge >= 0.3 is 0 Å². The summed E-state index contributed by atoms with van der Waals surface area (Å²) in [6.07, 6.45) is 0. The molecule has 2 heterocycles. The smallest absolute Gasteiger partial charge is 0.0640 e. The van der Waals surface area contributed by atoms with Crippen LogP contribution < -0.4 is 14.7 Å². The predicted octanol–water partition coefficient (Wildman–Crippen LogP) is 18.5. The van der Waals surface area contributed by atoms with Gasteiger partial charge < -0.3 is 14.7 Å². The molecule has 308 valence electrons. The van der Waals surface area contributed by atoms with Crippen LogP contribution in [0.25, 0.3) is 51.5 Å². The number of rotatable bonds is 10. The molecule has 0 N–H and O–H groups in total. The van der Waals surface area contributed by atoms with Gasteiger partial charge in [0.1, 0.15) is 0 Å². The number of thiophene rings is 2. The van der Waals surface area contributed by atoms with Crippen LogP contribution in [0.2, 0.25) is 0 Å². The molecule has 0 radical (unpaired) electrons. The highest BCUT2D eigenvalue weighted by Gasteiger charge is 2.24. The van der Waals surface area contributed by atoms with E-state index in [9.17, 15) is 0 Å². The van der Waals surface area contributed by atoms with Crippen molar-refractivity contribution in [3.05, 3.63) is 249 Å². The van der Waals surface area contributed by atoms with E-state index < -0.39 is 0 Å². The normalized spacial score (nSPS) is 11.4. The topological polar surface area (TPSA) is 9.72 Å². The van der Waals surface area contributed by atoms with E-state index in [0.29, 0.717) is 0 Å². The summed E-state index contributed by atoms with van der Waals surface area (Å²) in [5.74, 6) is 0. The molecule has 65 heavy (non-hydrogen) atoms. The molecule has 12 aromatic rings. The number of benzene rings is 10. The van der Waals surface area contributed by atoms with Crippen molar-refractivity contribution in [3.63, 3.8) is 0 Å². The highest BCUT2D eigenvalue weighted by atomic mass is 32.1. The van der Waals surface area contributed by atoms with E-state index in [4.69, 9.17) is 0 Å². The first-order valence-corrected chi connectivity index (χ1v) is 23.6. The molecule has 12 rings (SSSR count). The Bertz CT molecular complexity index is 3560. The number of nitrogens with zero attached hydrogens (tertiary/aromatic N) is 3. The SMILES string of the molecule is c1ccc(N(c2ccccc2)c2cc(N(c3ccccc3)c3ccc(-c4cccc5c4sc4ccccc45)cc3)cc(N(c3ccccc3)c3cccc4c3sc3ccccc34)c2)cc1. The monoisotopic (exact) mass is 867 g/mol. The van der Waals surface area contributed by atoms with Crippen molar-refractivity contribution in [2.45, 2.75) is 0 Å². The van der Waals surface area contributed by atoms with Crippen LogP contribution in [0.5, 0.6) is 0 Å². The van der Waals surface area contributed by atoms with Crippen molar-refractivity contribution in [1.82, 2.24) is 0 Å². The van der Waals surface area contributed by atoms with Gasteiger partial charge in [-0.2, -0.15) is 0 Å². The molecule has 0 unspecified atom stereocenters. The molecule has 0 amide bonds. The summed E-state index contributed by atoms with van der Waals surface area (Å²) >= 11 is 3.72. The lowest BCUT2D eigenvalue weighted by molar-refractivity contribution is 1.23. The molecular weight excluding hydrogens is 827 g/mol. The van der Waals surface area contributed by atoms with Crippen LogP contribution in [-0.4, -0.2) is 0 Å². The molecule has 5 heteroatoms. The average molecular weight is 868 g/mol. The summed E-state index contributed by atoms with van der Waals surface area (Å²) in [5, 5.41) is 5.15. The molecule has 0 aliphatic carbocycles. The zero-order chi connectivity index (χ0) is 43.1. The van der Waals surface area contributed by atoms with Gasteiger partial charge in [-0.15, -0.1) is 22.7 Å². The summed E-state index contributed by atoms with van der Waals surface area (Å²) in [6.45, 7) is 0.